The second-order valence-electron chi connectivity index (χ2n) is 5.72. The number of thiocarbonyl (C=S) groups is 1. The Hall–Kier alpha value is -1.92. The van der Waals surface area contributed by atoms with Gasteiger partial charge in [-0.05, 0) is 49.2 Å². The van der Waals surface area contributed by atoms with Gasteiger partial charge in [0, 0.05) is 4.88 Å². The van der Waals surface area contributed by atoms with E-state index in [9.17, 15) is 4.79 Å². The van der Waals surface area contributed by atoms with Gasteiger partial charge in [-0.1, -0.05) is 38.1 Å². The quantitative estimate of drug-likeness (QED) is 0.565. The Morgan fingerprint density at radius 1 is 1.24 bits per heavy atom. The second-order valence-corrected chi connectivity index (χ2v) is 7.26. The molecule has 6 heteroatoms. The van der Waals surface area contributed by atoms with E-state index in [2.05, 4.69) is 55.7 Å². The van der Waals surface area contributed by atoms with Crippen molar-refractivity contribution in [3.05, 3.63) is 51.9 Å². The SMILES string of the molecule is CCc1ccc(C(C)NC(=S)Nc2sc(CC)cc2C(=O)OC)cc1. The summed E-state index contributed by atoms with van der Waals surface area (Å²) in [6.07, 6.45) is 1.88. The van der Waals surface area contributed by atoms with Crippen LogP contribution in [-0.2, 0) is 17.6 Å². The molecule has 0 radical (unpaired) electrons. The van der Waals surface area contributed by atoms with Crippen molar-refractivity contribution in [1.29, 1.82) is 0 Å². The number of hydrogen-bond donors (Lipinski definition) is 2. The number of hydrogen-bond acceptors (Lipinski definition) is 4. The third-order valence-corrected chi connectivity index (χ3v) is 5.41. The van der Waals surface area contributed by atoms with Crippen molar-refractivity contribution in [2.75, 3.05) is 12.4 Å². The minimum absolute atomic E-state index is 0.0677. The van der Waals surface area contributed by atoms with Gasteiger partial charge in [0.05, 0.1) is 18.7 Å². The third kappa shape index (κ3) is 5.03. The normalized spacial score (nSPS) is 11.7. The molecule has 2 N–H and O–H groups in total. The van der Waals surface area contributed by atoms with Crippen molar-refractivity contribution >= 4 is 39.6 Å². The van der Waals surface area contributed by atoms with Crippen LogP contribution in [0.1, 0.15) is 53.2 Å². The number of benzene rings is 1. The first-order chi connectivity index (χ1) is 12.0. The summed E-state index contributed by atoms with van der Waals surface area (Å²) in [4.78, 5) is 13.0. The van der Waals surface area contributed by atoms with Crippen molar-refractivity contribution in [2.45, 2.75) is 39.7 Å². The summed E-state index contributed by atoms with van der Waals surface area (Å²) in [6.45, 7) is 6.25. The molecule has 4 nitrogen and oxygen atoms in total. The Morgan fingerprint density at radius 3 is 2.48 bits per heavy atom. The molecule has 1 unspecified atom stereocenters. The van der Waals surface area contributed by atoms with Gasteiger partial charge in [0.25, 0.3) is 0 Å². The van der Waals surface area contributed by atoms with E-state index in [4.69, 9.17) is 17.0 Å². The summed E-state index contributed by atoms with van der Waals surface area (Å²) in [5, 5.41) is 7.62. The number of thiophene rings is 1. The number of anilines is 1. The zero-order valence-corrected chi connectivity index (χ0v) is 16.6. The van der Waals surface area contributed by atoms with E-state index < -0.39 is 0 Å². The first kappa shape index (κ1) is 19.4. The van der Waals surface area contributed by atoms with Crippen molar-refractivity contribution in [2.24, 2.45) is 0 Å². The topological polar surface area (TPSA) is 50.4 Å². The fourth-order valence-electron chi connectivity index (χ4n) is 2.43. The molecule has 1 atom stereocenters. The highest BCUT2D eigenvalue weighted by atomic mass is 32.1. The van der Waals surface area contributed by atoms with Gasteiger partial charge in [-0.25, -0.2) is 4.79 Å². The first-order valence-corrected chi connectivity index (χ1v) is 9.58. The summed E-state index contributed by atoms with van der Waals surface area (Å²) in [5.74, 6) is -0.357. The fourth-order valence-corrected chi connectivity index (χ4v) is 3.76. The molecule has 2 rings (SSSR count). The Kier molecular flexibility index (Phi) is 6.96. The number of aryl methyl sites for hydroxylation is 2. The van der Waals surface area contributed by atoms with Gasteiger partial charge in [0.2, 0.25) is 0 Å². The number of nitrogens with one attached hydrogen (secondary N) is 2. The van der Waals surface area contributed by atoms with E-state index in [1.807, 2.05) is 6.07 Å². The van der Waals surface area contributed by atoms with Gasteiger partial charge in [-0.2, -0.15) is 0 Å². The van der Waals surface area contributed by atoms with Gasteiger partial charge >= 0.3 is 5.97 Å². The van der Waals surface area contributed by atoms with Crippen LogP contribution in [0, 0.1) is 0 Å². The maximum absolute atomic E-state index is 11.9. The molecule has 25 heavy (non-hydrogen) atoms. The molecule has 0 aliphatic carbocycles. The lowest BCUT2D eigenvalue weighted by Crippen LogP contribution is -2.31. The van der Waals surface area contributed by atoms with Crippen LogP contribution in [0.2, 0.25) is 0 Å². The van der Waals surface area contributed by atoms with Crippen LogP contribution < -0.4 is 10.6 Å². The molecular weight excluding hydrogens is 352 g/mol. The molecule has 0 aliphatic heterocycles. The summed E-state index contributed by atoms with van der Waals surface area (Å²) >= 11 is 6.94. The number of methoxy groups -OCH3 is 1. The molecule has 1 aromatic heterocycles. The number of carbonyl (C=O) groups is 1. The highest BCUT2D eigenvalue weighted by Gasteiger charge is 2.17. The lowest BCUT2D eigenvalue weighted by molar-refractivity contribution is 0.0602. The number of rotatable bonds is 6. The van der Waals surface area contributed by atoms with E-state index in [-0.39, 0.29) is 12.0 Å². The summed E-state index contributed by atoms with van der Waals surface area (Å²) in [6, 6.07) is 10.4. The lowest BCUT2D eigenvalue weighted by Gasteiger charge is -2.17. The molecule has 0 saturated heterocycles. The first-order valence-electron chi connectivity index (χ1n) is 8.35. The zero-order chi connectivity index (χ0) is 18.4. The van der Waals surface area contributed by atoms with Gasteiger partial charge in [0.15, 0.2) is 5.11 Å². The summed E-state index contributed by atoms with van der Waals surface area (Å²) < 4.78 is 4.85. The molecule has 0 saturated carbocycles. The van der Waals surface area contributed by atoms with Crippen LogP contribution in [0.15, 0.2) is 30.3 Å². The number of esters is 1. The van der Waals surface area contributed by atoms with Crippen molar-refractivity contribution in [1.82, 2.24) is 5.32 Å². The van der Waals surface area contributed by atoms with E-state index >= 15 is 0 Å². The predicted molar refractivity (Wildman–Crippen MR) is 109 cm³/mol. The van der Waals surface area contributed by atoms with Crippen LogP contribution in [-0.4, -0.2) is 18.2 Å². The second kappa shape index (κ2) is 8.97. The van der Waals surface area contributed by atoms with Crippen molar-refractivity contribution in [3.63, 3.8) is 0 Å². The summed E-state index contributed by atoms with van der Waals surface area (Å²) in [7, 11) is 1.38. The minimum atomic E-state index is -0.357. The molecule has 0 amide bonds. The largest absolute Gasteiger partial charge is 0.465 e. The number of carbonyl (C=O) groups excluding carboxylic acids is 1. The molecule has 1 heterocycles. The molecule has 0 bridgehead atoms. The van der Waals surface area contributed by atoms with E-state index in [0.29, 0.717) is 10.7 Å². The van der Waals surface area contributed by atoms with Crippen LogP contribution in [0.4, 0.5) is 5.00 Å². The van der Waals surface area contributed by atoms with Gasteiger partial charge in [0.1, 0.15) is 5.00 Å². The minimum Gasteiger partial charge on any atom is -0.465 e. The molecule has 134 valence electrons. The molecule has 2 aromatic rings. The van der Waals surface area contributed by atoms with Crippen molar-refractivity contribution in [3.8, 4) is 0 Å². The monoisotopic (exact) mass is 376 g/mol. The smallest absolute Gasteiger partial charge is 0.340 e. The van der Waals surface area contributed by atoms with Gasteiger partial charge < -0.3 is 15.4 Å². The predicted octanol–water partition coefficient (Wildman–Crippen LogP) is 4.71. The Labute approximate surface area is 158 Å². The maximum Gasteiger partial charge on any atom is 0.340 e. The van der Waals surface area contributed by atoms with Crippen molar-refractivity contribution < 1.29 is 9.53 Å². The Morgan fingerprint density at radius 2 is 1.92 bits per heavy atom. The average Bonchev–Trinajstić information content (AvgIpc) is 3.03. The van der Waals surface area contributed by atoms with Crippen LogP contribution >= 0.6 is 23.6 Å². The average molecular weight is 377 g/mol. The highest BCUT2D eigenvalue weighted by Crippen LogP contribution is 2.29. The molecule has 0 spiro atoms. The zero-order valence-electron chi connectivity index (χ0n) is 15.0. The molecule has 0 aliphatic rings. The van der Waals surface area contributed by atoms with Gasteiger partial charge in [-0.3, -0.25) is 0 Å². The van der Waals surface area contributed by atoms with Crippen LogP contribution in [0.5, 0.6) is 0 Å². The summed E-state index contributed by atoms with van der Waals surface area (Å²) in [5.41, 5.74) is 2.99. The van der Waals surface area contributed by atoms with E-state index in [1.54, 1.807) is 0 Å². The molecular formula is C19H24N2O2S2. The highest BCUT2D eigenvalue weighted by molar-refractivity contribution is 7.80. The van der Waals surface area contributed by atoms with Crippen LogP contribution in [0.3, 0.4) is 0 Å². The third-order valence-electron chi connectivity index (χ3n) is 4.00. The molecule has 1 aromatic carbocycles. The molecule has 0 fully saturated rings. The number of ether oxygens (including phenoxy) is 1. The van der Waals surface area contributed by atoms with E-state index in [0.717, 1.165) is 28.3 Å². The van der Waals surface area contributed by atoms with E-state index in [1.165, 1.54) is 24.0 Å². The maximum atomic E-state index is 11.9. The standard InChI is InChI=1S/C19H24N2O2S2/c1-5-13-7-9-14(10-8-13)12(3)20-19(24)21-17-16(18(22)23-4)11-15(6-2)25-17/h7-12H,5-6H2,1-4H3,(H2,20,21,24). The Balaban J connectivity index is 2.06. The fraction of sp³-hybridized carbons (Fsp3) is 0.368. The van der Waals surface area contributed by atoms with Gasteiger partial charge in [-0.15, -0.1) is 11.3 Å². The Bertz CT molecular complexity index is 738. The van der Waals surface area contributed by atoms with Crippen LogP contribution in [0.25, 0.3) is 0 Å². The lowest BCUT2D eigenvalue weighted by atomic mass is 10.1.